The third kappa shape index (κ3) is 3.08. The van der Waals surface area contributed by atoms with Crippen molar-refractivity contribution in [3.8, 4) is 0 Å². The summed E-state index contributed by atoms with van der Waals surface area (Å²) >= 11 is 15.5. The fourth-order valence-electron chi connectivity index (χ4n) is 1.97. The zero-order valence-electron chi connectivity index (χ0n) is 11.1. The molecule has 0 aliphatic rings. The number of hydrogen-bond donors (Lipinski definition) is 0. The second-order valence-corrected chi connectivity index (χ2v) is 6.08. The Morgan fingerprint density at radius 3 is 2.65 bits per heavy atom. The number of carbonyl (C=O) groups is 1. The topological polar surface area (TPSA) is 34.9 Å². The number of rotatable bonds is 4. The Bertz CT molecular complexity index is 667. The normalized spacial score (nSPS) is 10.8. The zero-order valence-corrected chi connectivity index (χ0v) is 14.2. The minimum atomic E-state index is -0.0268. The molecule has 0 aliphatic heterocycles. The highest BCUT2D eigenvalue weighted by molar-refractivity contribution is 9.10. The highest BCUT2D eigenvalue weighted by Crippen LogP contribution is 2.26. The lowest BCUT2D eigenvalue weighted by Crippen LogP contribution is -2.09. The number of ketones is 1. The van der Waals surface area contributed by atoms with Crippen LogP contribution in [0.2, 0.25) is 10.0 Å². The summed E-state index contributed by atoms with van der Waals surface area (Å²) in [6.07, 6.45) is 0.952. The van der Waals surface area contributed by atoms with Crippen LogP contribution in [-0.2, 0) is 19.9 Å². The second-order valence-electron chi connectivity index (χ2n) is 4.41. The van der Waals surface area contributed by atoms with Crippen LogP contribution in [0.15, 0.2) is 22.7 Å². The van der Waals surface area contributed by atoms with Gasteiger partial charge in [-0.15, -0.1) is 0 Å². The molecule has 1 aromatic carbocycles. The lowest BCUT2D eigenvalue weighted by Gasteiger charge is -2.05. The van der Waals surface area contributed by atoms with Crippen molar-refractivity contribution in [2.45, 2.75) is 19.8 Å². The zero-order chi connectivity index (χ0) is 14.9. The van der Waals surface area contributed by atoms with E-state index in [1.165, 1.54) is 0 Å². The number of halogens is 3. The predicted molar refractivity (Wildman–Crippen MR) is 84.8 cm³/mol. The molecule has 0 radical (unpaired) electrons. The summed E-state index contributed by atoms with van der Waals surface area (Å²) in [5, 5.41) is 5.47. The van der Waals surface area contributed by atoms with Gasteiger partial charge in [0.2, 0.25) is 0 Å². The van der Waals surface area contributed by atoms with Gasteiger partial charge in [0, 0.05) is 22.1 Å². The SMILES string of the molecule is CCc1nn(C)c(CC(=O)c2ccc(Cl)cc2Br)c1Cl. The summed E-state index contributed by atoms with van der Waals surface area (Å²) in [4.78, 5) is 12.4. The first kappa shape index (κ1) is 15.5. The van der Waals surface area contributed by atoms with Crippen LogP contribution >= 0.6 is 39.1 Å². The Kier molecular flexibility index (Phi) is 4.89. The van der Waals surface area contributed by atoms with Crippen molar-refractivity contribution >= 4 is 44.9 Å². The fraction of sp³-hybridized carbons (Fsp3) is 0.286. The van der Waals surface area contributed by atoms with Crippen LogP contribution in [0.4, 0.5) is 0 Å². The van der Waals surface area contributed by atoms with Crippen LogP contribution in [-0.4, -0.2) is 15.6 Å². The summed E-state index contributed by atoms with van der Waals surface area (Å²) in [6.45, 7) is 1.98. The average molecular weight is 376 g/mol. The molecule has 0 unspecified atom stereocenters. The predicted octanol–water partition coefficient (Wildman–Crippen LogP) is 4.48. The number of Topliss-reactive ketones (excluding diaryl/α,β-unsaturated/α-hetero) is 1. The van der Waals surface area contributed by atoms with Crippen LogP contribution < -0.4 is 0 Å². The van der Waals surface area contributed by atoms with Gasteiger partial charge in [-0.05, 0) is 40.5 Å². The standard InChI is InChI=1S/C14H13BrCl2N2O/c1-3-11-14(17)12(19(2)18-11)7-13(20)9-5-4-8(16)6-10(9)15/h4-6H,3,7H2,1-2H3. The number of carbonyl (C=O) groups excluding carboxylic acids is 1. The van der Waals surface area contributed by atoms with E-state index in [0.29, 0.717) is 20.1 Å². The summed E-state index contributed by atoms with van der Waals surface area (Å²) in [6, 6.07) is 5.11. The first-order chi connectivity index (χ1) is 9.43. The van der Waals surface area contributed by atoms with Crippen LogP contribution in [0, 0.1) is 0 Å². The van der Waals surface area contributed by atoms with Gasteiger partial charge in [0.05, 0.1) is 22.8 Å². The molecule has 0 fully saturated rings. The van der Waals surface area contributed by atoms with Gasteiger partial charge in [-0.2, -0.15) is 5.10 Å². The lowest BCUT2D eigenvalue weighted by molar-refractivity contribution is 0.0990. The van der Waals surface area contributed by atoms with Crippen molar-refractivity contribution in [2.75, 3.05) is 0 Å². The van der Waals surface area contributed by atoms with E-state index in [9.17, 15) is 4.79 Å². The number of aryl methyl sites for hydroxylation is 2. The van der Waals surface area contributed by atoms with E-state index in [4.69, 9.17) is 23.2 Å². The molecule has 0 atom stereocenters. The highest BCUT2D eigenvalue weighted by atomic mass is 79.9. The molecule has 2 aromatic rings. The maximum atomic E-state index is 12.4. The molecular weight excluding hydrogens is 363 g/mol. The largest absolute Gasteiger partial charge is 0.294 e. The van der Waals surface area contributed by atoms with E-state index in [1.807, 2.05) is 6.92 Å². The van der Waals surface area contributed by atoms with Gasteiger partial charge in [-0.1, -0.05) is 30.1 Å². The molecule has 106 valence electrons. The van der Waals surface area contributed by atoms with Gasteiger partial charge in [0.15, 0.2) is 5.78 Å². The summed E-state index contributed by atoms with van der Waals surface area (Å²) in [7, 11) is 1.80. The maximum absolute atomic E-state index is 12.4. The summed E-state index contributed by atoms with van der Waals surface area (Å²) in [5.74, 6) is -0.0268. The molecule has 1 heterocycles. The molecule has 20 heavy (non-hydrogen) atoms. The van der Waals surface area contributed by atoms with Gasteiger partial charge >= 0.3 is 0 Å². The Labute approximate surface area is 136 Å². The Morgan fingerprint density at radius 2 is 2.10 bits per heavy atom. The molecule has 3 nitrogen and oxygen atoms in total. The Balaban J connectivity index is 2.30. The maximum Gasteiger partial charge on any atom is 0.169 e. The Hall–Kier alpha value is -0.840. The molecule has 0 saturated heterocycles. The minimum absolute atomic E-state index is 0.0268. The first-order valence-electron chi connectivity index (χ1n) is 6.12. The number of aromatic nitrogens is 2. The van der Waals surface area contributed by atoms with E-state index >= 15 is 0 Å². The van der Waals surface area contributed by atoms with E-state index in [-0.39, 0.29) is 12.2 Å². The van der Waals surface area contributed by atoms with Gasteiger partial charge in [0.1, 0.15) is 0 Å². The quantitative estimate of drug-likeness (QED) is 0.738. The number of benzene rings is 1. The minimum Gasteiger partial charge on any atom is -0.294 e. The second kappa shape index (κ2) is 6.29. The molecule has 0 saturated carbocycles. The van der Waals surface area contributed by atoms with Gasteiger partial charge in [0.25, 0.3) is 0 Å². The number of hydrogen-bond acceptors (Lipinski definition) is 2. The van der Waals surface area contributed by atoms with Crippen molar-refractivity contribution in [3.05, 3.63) is 49.7 Å². The van der Waals surface area contributed by atoms with E-state index < -0.39 is 0 Å². The van der Waals surface area contributed by atoms with E-state index in [0.717, 1.165) is 17.8 Å². The van der Waals surface area contributed by atoms with Gasteiger partial charge in [-0.25, -0.2) is 0 Å². The van der Waals surface area contributed by atoms with Crippen LogP contribution in [0.25, 0.3) is 0 Å². The lowest BCUT2D eigenvalue weighted by atomic mass is 10.1. The molecular formula is C14H13BrCl2N2O. The van der Waals surface area contributed by atoms with Gasteiger partial charge < -0.3 is 0 Å². The smallest absolute Gasteiger partial charge is 0.169 e. The summed E-state index contributed by atoms with van der Waals surface area (Å²) < 4.78 is 2.35. The van der Waals surface area contributed by atoms with Crippen molar-refractivity contribution in [1.29, 1.82) is 0 Å². The molecule has 6 heteroatoms. The monoisotopic (exact) mass is 374 g/mol. The van der Waals surface area contributed by atoms with Crippen molar-refractivity contribution in [1.82, 2.24) is 9.78 Å². The third-order valence-electron chi connectivity index (χ3n) is 3.06. The molecule has 0 spiro atoms. The average Bonchev–Trinajstić information content (AvgIpc) is 2.66. The fourth-order valence-corrected chi connectivity index (χ4v) is 3.24. The van der Waals surface area contributed by atoms with E-state index in [1.54, 1.807) is 29.9 Å². The molecule has 2 rings (SSSR count). The van der Waals surface area contributed by atoms with Crippen LogP contribution in [0.1, 0.15) is 28.7 Å². The van der Waals surface area contributed by atoms with E-state index in [2.05, 4.69) is 21.0 Å². The molecule has 0 N–H and O–H groups in total. The van der Waals surface area contributed by atoms with Gasteiger partial charge in [-0.3, -0.25) is 9.48 Å². The summed E-state index contributed by atoms with van der Waals surface area (Å²) in [5.41, 5.74) is 2.13. The van der Waals surface area contributed by atoms with Crippen LogP contribution in [0.5, 0.6) is 0 Å². The third-order valence-corrected chi connectivity index (χ3v) is 4.39. The van der Waals surface area contributed by atoms with Crippen LogP contribution in [0.3, 0.4) is 0 Å². The molecule has 0 bridgehead atoms. The highest BCUT2D eigenvalue weighted by Gasteiger charge is 2.18. The number of nitrogens with zero attached hydrogens (tertiary/aromatic N) is 2. The first-order valence-corrected chi connectivity index (χ1v) is 7.67. The molecule has 0 aliphatic carbocycles. The van der Waals surface area contributed by atoms with Crippen molar-refractivity contribution < 1.29 is 4.79 Å². The molecule has 0 amide bonds. The Morgan fingerprint density at radius 1 is 1.40 bits per heavy atom. The van der Waals surface area contributed by atoms with Crippen molar-refractivity contribution in [3.63, 3.8) is 0 Å². The molecule has 1 aromatic heterocycles. The van der Waals surface area contributed by atoms with Crippen molar-refractivity contribution in [2.24, 2.45) is 7.05 Å².